The van der Waals surface area contributed by atoms with Crippen molar-refractivity contribution in [3.05, 3.63) is 11.7 Å². The summed E-state index contributed by atoms with van der Waals surface area (Å²) in [4.78, 5) is 4.33. The maximum atomic E-state index is 5.96. The van der Waals surface area contributed by atoms with Gasteiger partial charge in [-0.25, -0.2) is 0 Å². The molecule has 0 aliphatic carbocycles. The fourth-order valence-electron chi connectivity index (χ4n) is 1.96. The minimum absolute atomic E-state index is 0.143. The molecular formula is C12H21N3O2. The minimum atomic E-state index is -0.143. The van der Waals surface area contributed by atoms with Crippen LogP contribution in [0.1, 0.15) is 50.9 Å². The first-order valence-corrected chi connectivity index (χ1v) is 6.36. The molecule has 5 nitrogen and oxygen atoms in total. The monoisotopic (exact) mass is 239 g/mol. The number of rotatable bonds is 5. The largest absolute Gasteiger partial charge is 0.378 e. The third-order valence-electron chi connectivity index (χ3n) is 3.20. The summed E-state index contributed by atoms with van der Waals surface area (Å²) in [5.41, 5.74) is 5.96. The summed E-state index contributed by atoms with van der Waals surface area (Å²) in [6.07, 6.45) is 4.41. The van der Waals surface area contributed by atoms with Gasteiger partial charge in [0.05, 0.1) is 12.1 Å². The molecule has 17 heavy (non-hydrogen) atoms. The zero-order valence-electron chi connectivity index (χ0n) is 10.6. The van der Waals surface area contributed by atoms with Crippen LogP contribution in [-0.4, -0.2) is 22.9 Å². The van der Waals surface area contributed by atoms with Crippen molar-refractivity contribution >= 4 is 0 Å². The molecule has 0 aromatic carbocycles. The van der Waals surface area contributed by atoms with Crippen molar-refractivity contribution in [2.24, 2.45) is 11.7 Å². The van der Waals surface area contributed by atoms with Crippen LogP contribution in [0.3, 0.4) is 0 Å². The van der Waals surface area contributed by atoms with E-state index in [1.165, 1.54) is 0 Å². The van der Waals surface area contributed by atoms with Gasteiger partial charge in [0.1, 0.15) is 0 Å². The smallest absolute Gasteiger partial charge is 0.226 e. The van der Waals surface area contributed by atoms with Gasteiger partial charge >= 0.3 is 0 Å². The van der Waals surface area contributed by atoms with E-state index in [1.54, 1.807) is 0 Å². The summed E-state index contributed by atoms with van der Waals surface area (Å²) in [7, 11) is 0. The zero-order chi connectivity index (χ0) is 12.3. The van der Waals surface area contributed by atoms with Crippen molar-refractivity contribution in [1.82, 2.24) is 10.1 Å². The number of ether oxygens (including phenoxy) is 1. The molecule has 0 radical (unpaired) electrons. The van der Waals surface area contributed by atoms with Crippen molar-refractivity contribution in [3.8, 4) is 0 Å². The molecule has 0 spiro atoms. The van der Waals surface area contributed by atoms with Gasteiger partial charge in [-0.05, 0) is 25.2 Å². The second-order valence-electron chi connectivity index (χ2n) is 4.99. The summed E-state index contributed by atoms with van der Waals surface area (Å²) >= 11 is 0. The van der Waals surface area contributed by atoms with Crippen LogP contribution >= 0.6 is 0 Å². The van der Waals surface area contributed by atoms with E-state index in [0.29, 0.717) is 23.7 Å². The van der Waals surface area contributed by atoms with Crippen molar-refractivity contribution in [1.29, 1.82) is 0 Å². The van der Waals surface area contributed by atoms with E-state index in [-0.39, 0.29) is 6.04 Å². The van der Waals surface area contributed by atoms with Crippen molar-refractivity contribution in [3.63, 3.8) is 0 Å². The van der Waals surface area contributed by atoms with Crippen molar-refractivity contribution in [2.45, 2.75) is 51.7 Å². The normalized spacial score (nSPS) is 22.2. The van der Waals surface area contributed by atoms with Crippen LogP contribution in [0.25, 0.3) is 0 Å². The van der Waals surface area contributed by atoms with E-state index in [1.807, 2.05) is 13.8 Å². The second-order valence-corrected chi connectivity index (χ2v) is 4.99. The average molecular weight is 239 g/mol. The lowest BCUT2D eigenvalue weighted by molar-refractivity contribution is 0.102. The van der Waals surface area contributed by atoms with E-state index in [4.69, 9.17) is 15.0 Å². The molecule has 2 N–H and O–H groups in total. The van der Waals surface area contributed by atoms with Gasteiger partial charge in [-0.1, -0.05) is 19.0 Å². The Morgan fingerprint density at radius 1 is 1.47 bits per heavy atom. The SMILES string of the molecule is CC(C)C(N)c1noc(CCC2CCCO2)n1. The highest BCUT2D eigenvalue weighted by Gasteiger charge is 2.19. The van der Waals surface area contributed by atoms with Crippen LogP contribution < -0.4 is 5.73 Å². The van der Waals surface area contributed by atoms with Crippen LogP contribution in [0.5, 0.6) is 0 Å². The van der Waals surface area contributed by atoms with Crippen LogP contribution in [0, 0.1) is 5.92 Å². The number of nitrogens with two attached hydrogens (primary N) is 1. The zero-order valence-corrected chi connectivity index (χ0v) is 10.6. The molecule has 1 aromatic rings. The summed E-state index contributed by atoms with van der Waals surface area (Å²) in [6, 6.07) is -0.143. The maximum absolute atomic E-state index is 5.96. The highest BCUT2D eigenvalue weighted by Crippen LogP contribution is 2.19. The molecule has 2 heterocycles. The number of nitrogens with zero attached hydrogens (tertiary/aromatic N) is 2. The summed E-state index contributed by atoms with van der Waals surface area (Å²) < 4.78 is 10.8. The first-order chi connectivity index (χ1) is 8.16. The molecule has 0 saturated carbocycles. The number of hydrogen-bond acceptors (Lipinski definition) is 5. The Morgan fingerprint density at radius 2 is 2.29 bits per heavy atom. The quantitative estimate of drug-likeness (QED) is 0.848. The van der Waals surface area contributed by atoms with Crippen molar-refractivity contribution < 1.29 is 9.26 Å². The van der Waals surface area contributed by atoms with Gasteiger partial charge < -0.3 is 15.0 Å². The molecule has 1 saturated heterocycles. The topological polar surface area (TPSA) is 74.2 Å². The highest BCUT2D eigenvalue weighted by molar-refractivity contribution is 4.94. The minimum Gasteiger partial charge on any atom is -0.378 e. The molecule has 1 aliphatic heterocycles. The van der Waals surface area contributed by atoms with Crippen LogP contribution in [0.15, 0.2) is 4.52 Å². The molecule has 0 bridgehead atoms. The van der Waals surface area contributed by atoms with Crippen molar-refractivity contribution in [2.75, 3.05) is 6.61 Å². The van der Waals surface area contributed by atoms with Gasteiger partial charge in [-0.15, -0.1) is 0 Å². The van der Waals surface area contributed by atoms with E-state index < -0.39 is 0 Å². The molecule has 0 amide bonds. The van der Waals surface area contributed by atoms with Gasteiger partial charge in [0.15, 0.2) is 5.82 Å². The average Bonchev–Trinajstić information content (AvgIpc) is 2.96. The third-order valence-corrected chi connectivity index (χ3v) is 3.20. The first-order valence-electron chi connectivity index (χ1n) is 6.36. The molecule has 2 rings (SSSR count). The van der Waals surface area contributed by atoms with E-state index in [0.717, 1.165) is 32.3 Å². The lowest BCUT2D eigenvalue weighted by Gasteiger charge is -2.09. The summed E-state index contributed by atoms with van der Waals surface area (Å²) in [6.45, 7) is 4.98. The Labute approximate surface area is 102 Å². The van der Waals surface area contributed by atoms with Crippen LogP contribution in [-0.2, 0) is 11.2 Å². The molecule has 5 heteroatoms. The fourth-order valence-corrected chi connectivity index (χ4v) is 1.96. The Balaban J connectivity index is 1.85. The third kappa shape index (κ3) is 3.26. The molecule has 1 fully saturated rings. The standard InChI is InChI=1S/C12H21N3O2/c1-8(2)11(13)12-14-10(17-15-12)6-5-9-4-3-7-16-9/h8-9,11H,3-7,13H2,1-2H3. The molecule has 1 aromatic heterocycles. The van der Waals surface area contributed by atoms with Gasteiger partial charge in [-0.2, -0.15) is 4.98 Å². The van der Waals surface area contributed by atoms with Gasteiger partial charge in [0.25, 0.3) is 0 Å². The molecule has 2 unspecified atom stereocenters. The predicted octanol–water partition coefficient (Wildman–Crippen LogP) is 1.84. The lowest BCUT2D eigenvalue weighted by atomic mass is 10.1. The molecule has 2 atom stereocenters. The van der Waals surface area contributed by atoms with E-state index in [2.05, 4.69) is 10.1 Å². The second kappa shape index (κ2) is 5.60. The van der Waals surface area contributed by atoms with Gasteiger partial charge in [0.2, 0.25) is 5.89 Å². The Hall–Kier alpha value is -0.940. The maximum Gasteiger partial charge on any atom is 0.226 e. The van der Waals surface area contributed by atoms with E-state index in [9.17, 15) is 0 Å². The van der Waals surface area contributed by atoms with E-state index >= 15 is 0 Å². The van der Waals surface area contributed by atoms with Gasteiger partial charge in [-0.3, -0.25) is 0 Å². The van der Waals surface area contributed by atoms with Crippen LogP contribution in [0.2, 0.25) is 0 Å². The molecule has 1 aliphatic rings. The first kappa shape index (κ1) is 12.5. The number of aromatic nitrogens is 2. The Morgan fingerprint density at radius 3 is 2.94 bits per heavy atom. The number of aryl methyl sites for hydroxylation is 1. The summed E-state index contributed by atoms with van der Waals surface area (Å²) in [5, 5.41) is 3.93. The highest BCUT2D eigenvalue weighted by atomic mass is 16.5. The molecule has 96 valence electrons. The molecular weight excluding hydrogens is 218 g/mol. The fraction of sp³-hybridized carbons (Fsp3) is 0.833. The Kier molecular flexibility index (Phi) is 4.12. The summed E-state index contributed by atoms with van der Waals surface area (Å²) in [5.74, 6) is 1.60. The number of hydrogen-bond donors (Lipinski definition) is 1. The van der Waals surface area contributed by atoms with Crippen LogP contribution in [0.4, 0.5) is 0 Å². The lowest BCUT2D eigenvalue weighted by Crippen LogP contribution is -2.18. The van der Waals surface area contributed by atoms with Gasteiger partial charge in [0, 0.05) is 13.0 Å². The Bertz CT molecular complexity index is 345. The predicted molar refractivity (Wildman–Crippen MR) is 63.4 cm³/mol.